The van der Waals surface area contributed by atoms with Crippen LogP contribution in [0.25, 0.3) is 0 Å². The highest BCUT2D eigenvalue weighted by Gasteiger charge is 2.14. The Morgan fingerprint density at radius 2 is 1.36 bits per heavy atom. The summed E-state index contributed by atoms with van der Waals surface area (Å²) in [5, 5.41) is 10.7. The molecule has 1 N–H and O–H groups in total. The van der Waals surface area contributed by atoms with Crippen molar-refractivity contribution in [1.82, 2.24) is 0 Å². The van der Waals surface area contributed by atoms with Crippen LogP contribution in [0, 0.1) is 0 Å². The summed E-state index contributed by atoms with van der Waals surface area (Å²) in [5.41, 5.74) is 4.15. The molecule has 4 heteroatoms. The Bertz CT molecular complexity index is 870. The molecule has 0 unspecified atom stereocenters. The first-order valence-electron chi connectivity index (χ1n) is 9.35. The van der Waals surface area contributed by atoms with Crippen molar-refractivity contribution in [2.75, 3.05) is 14.2 Å². The second-order valence-electron chi connectivity index (χ2n) is 7.18. The number of rotatable bonds is 8. The van der Waals surface area contributed by atoms with Gasteiger partial charge in [0, 0.05) is 17.2 Å². The molecule has 0 bridgehead atoms. The first-order chi connectivity index (χ1) is 13.3. The van der Waals surface area contributed by atoms with Crippen molar-refractivity contribution in [3.63, 3.8) is 0 Å². The lowest BCUT2D eigenvalue weighted by Gasteiger charge is -2.16. The zero-order chi connectivity index (χ0) is 20.7. The fourth-order valence-electron chi connectivity index (χ4n) is 2.68. The summed E-state index contributed by atoms with van der Waals surface area (Å²) >= 11 is 0. The van der Waals surface area contributed by atoms with Crippen molar-refractivity contribution < 1.29 is 19.3 Å². The smallest absolute Gasteiger partial charge is 0.173 e. The Balaban J connectivity index is 2.45. The van der Waals surface area contributed by atoms with E-state index in [1.54, 1.807) is 20.3 Å². The Kier molecular flexibility index (Phi) is 7.56. The highest BCUT2D eigenvalue weighted by Crippen LogP contribution is 2.39. The van der Waals surface area contributed by atoms with Gasteiger partial charge in [0.15, 0.2) is 11.5 Å². The number of phenols is 1. The lowest BCUT2D eigenvalue weighted by Crippen LogP contribution is -1.96. The third-order valence-electron chi connectivity index (χ3n) is 4.31. The van der Waals surface area contributed by atoms with Crippen LogP contribution in [0.3, 0.4) is 0 Å². The van der Waals surface area contributed by atoms with Crippen molar-refractivity contribution in [1.29, 1.82) is 0 Å². The highest BCUT2D eigenvalue weighted by molar-refractivity contribution is 5.54. The number of phenolic OH excluding ortho intramolecular Hbond substituents is 1. The summed E-state index contributed by atoms with van der Waals surface area (Å²) in [6.45, 7) is 8.18. The van der Waals surface area contributed by atoms with Gasteiger partial charge in [0.1, 0.15) is 17.2 Å². The standard InChI is InChI=1S/C24H30O4/c1-16(2)7-9-18-13-20(26-5)11-12-22(18)28-23-15-21(27-6)14-19(24(23)25)10-8-17(3)4/h7-8,11-15,25H,9-10H2,1-6H3. The zero-order valence-electron chi connectivity index (χ0n) is 17.6. The van der Waals surface area contributed by atoms with Crippen LogP contribution in [0.1, 0.15) is 38.8 Å². The van der Waals surface area contributed by atoms with Gasteiger partial charge in [-0.1, -0.05) is 23.3 Å². The van der Waals surface area contributed by atoms with Crippen LogP contribution in [0.4, 0.5) is 0 Å². The number of hydrogen-bond acceptors (Lipinski definition) is 4. The van der Waals surface area contributed by atoms with Gasteiger partial charge in [-0.25, -0.2) is 0 Å². The molecule has 2 rings (SSSR count). The number of aromatic hydroxyl groups is 1. The van der Waals surface area contributed by atoms with Gasteiger partial charge < -0.3 is 19.3 Å². The molecule has 150 valence electrons. The predicted molar refractivity (Wildman–Crippen MR) is 114 cm³/mol. The Hall–Kier alpha value is -2.88. The zero-order valence-corrected chi connectivity index (χ0v) is 17.6. The number of allylic oxidation sites excluding steroid dienone is 4. The van der Waals surface area contributed by atoms with Gasteiger partial charge in [-0.3, -0.25) is 0 Å². The van der Waals surface area contributed by atoms with E-state index in [1.807, 2.05) is 38.1 Å². The molecule has 4 nitrogen and oxygen atoms in total. The van der Waals surface area contributed by atoms with Gasteiger partial charge >= 0.3 is 0 Å². The van der Waals surface area contributed by atoms with E-state index in [1.165, 1.54) is 11.1 Å². The SMILES string of the molecule is COc1ccc(Oc2cc(OC)cc(CC=C(C)C)c2O)c(CC=C(C)C)c1. The first kappa shape index (κ1) is 21.4. The van der Waals surface area contributed by atoms with Gasteiger partial charge in [0.25, 0.3) is 0 Å². The van der Waals surface area contributed by atoms with Crippen molar-refractivity contribution in [2.45, 2.75) is 40.5 Å². The van der Waals surface area contributed by atoms with E-state index >= 15 is 0 Å². The maximum Gasteiger partial charge on any atom is 0.173 e. The number of methoxy groups -OCH3 is 2. The van der Waals surface area contributed by atoms with Gasteiger partial charge in [-0.2, -0.15) is 0 Å². The van der Waals surface area contributed by atoms with Crippen LogP contribution in [0.2, 0.25) is 0 Å². The fraction of sp³-hybridized carbons (Fsp3) is 0.333. The van der Waals surface area contributed by atoms with Crippen LogP contribution in [-0.4, -0.2) is 19.3 Å². The Morgan fingerprint density at radius 3 is 1.93 bits per heavy atom. The minimum absolute atomic E-state index is 0.127. The average Bonchev–Trinajstić information content (AvgIpc) is 2.67. The predicted octanol–water partition coefficient (Wildman–Crippen LogP) is 6.22. The lowest BCUT2D eigenvalue weighted by atomic mass is 10.1. The molecule has 0 saturated heterocycles. The summed E-state index contributed by atoms with van der Waals surface area (Å²) in [7, 11) is 3.25. The summed E-state index contributed by atoms with van der Waals surface area (Å²) in [6.07, 6.45) is 5.51. The molecule has 0 amide bonds. The van der Waals surface area contributed by atoms with Crippen LogP contribution >= 0.6 is 0 Å². The summed E-state index contributed by atoms with van der Waals surface area (Å²) in [5.74, 6) is 2.59. The minimum Gasteiger partial charge on any atom is -0.504 e. The highest BCUT2D eigenvalue weighted by atomic mass is 16.5. The average molecular weight is 383 g/mol. The molecule has 0 heterocycles. The molecule has 0 aliphatic heterocycles. The molecule has 0 saturated carbocycles. The second-order valence-corrected chi connectivity index (χ2v) is 7.18. The fourth-order valence-corrected chi connectivity index (χ4v) is 2.68. The molecule has 0 spiro atoms. The van der Waals surface area contributed by atoms with Crippen molar-refractivity contribution in [2.24, 2.45) is 0 Å². The molecule has 0 atom stereocenters. The lowest BCUT2D eigenvalue weighted by molar-refractivity contribution is 0.385. The molecule has 28 heavy (non-hydrogen) atoms. The van der Waals surface area contributed by atoms with E-state index in [2.05, 4.69) is 26.0 Å². The normalized spacial score (nSPS) is 10.2. The largest absolute Gasteiger partial charge is 0.504 e. The monoisotopic (exact) mass is 382 g/mol. The number of hydrogen-bond donors (Lipinski definition) is 1. The van der Waals surface area contributed by atoms with Crippen LogP contribution in [-0.2, 0) is 12.8 Å². The third-order valence-corrected chi connectivity index (χ3v) is 4.31. The van der Waals surface area contributed by atoms with Gasteiger partial charge in [0.2, 0.25) is 0 Å². The summed E-state index contributed by atoms with van der Waals surface area (Å²) in [4.78, 5) is 0. The van der Waals surface area contributed by atoms with E-state index in [-0.39, 0.29) is 5.75 Å². The molecular weight excluding hydrogens is 352 g/mol. The topological polar surface area (TPSA) is 47.9 Å². The van der Waals surface area contributed by atoms with Gasteiger partial charge in [0.05, 0.1) is 14.2 Å². The molecule has 0 aromatic heterocycles. The maximum atomic E-state index is 10.7. The van der Waals surface area contributed by atoms with Crippen molar-refractivity contribution in [3.05, 3.63) is 64.8 Å². The molecule has 2 aromatic carbocycles. The van der Waals surface area contributed by atoms with Gasteiger partial charge in [-0.05, 0) is 64.8 Å². The van der Waals surface area contributed by atoms with E-state index in [4.69, 9.17) is 14.2 Å². The summed E-state index contributed by atoms with van der Waals surface area (Å²) in [6, 6.07) is 9.20. The third kappa shape index (κ3) is 5.81. The number of benzene rings is 2. The molecule has 0 aliphatic rings. The minimum atomic E-state index is 0.127. The summed E-state index contributed by atoms with van der Waals surface area (Å²) < 4.78 is 16.9. The maximum absolute atomic E-state index is 10.7. The van der Waals surface area contributed by atoms with Crippen LogP contribution in [0.15, 0.2) is 53.6 Å². The van der Waals surface area contributed by atoms with E-state index in [0.717, 1.165) is 16.9 Å². The second kappa shape index (κ2) is 9.88. The van der Waals surface area contributed by atoms with Crippen molar-refractivity contribution in [3.8, 4) is 28.7 Å². The molecule has 0 radical (unpaired) electrons. The molecule has 0 aliphatic carbocycles. The first-order valence-corrected chi connectivity index (χ1v) is 9.35. The van der Waals surface area contributed by atoms with Crippen molar-refractivity contribution >= 4 is 0 Å². The van der Waals surface area contributed by atoms with Crippen LogP contribution < -0.4 is 14.2 Å². The molecule has 0 fully saturated rings. The van der Waals surface area contributed by atoms with Gasteiger partial charge in [-0.15, -0.1) is 0 Å². The quantitative estimate of drug-likeness (QED) is 0.551. The molecule has 2 aromatic rings. The Labute approximate surface area is 168 Å². The van der Waals surface area contributed by atoms with E-state index < -0.39 is 0 Å². The Morgan fingerprint density at radius 1 is 0.786 bits per heavy atom. The number of ether oxygens (including phenoxy) is 3. The van der Waals surface area contributed by atoms with E-state index in [9.17, 15) is 5.11 Å². The van der Waals surface area contributed by atoms with Crippen LogP contribution in [0.5, 0.6) is 28.7 Å². The van der Waals surface area contributed by atoms with E-state index in [0.29, 0.717) is 30.1 Å². The molecular formula is C24H30O4.